The Hall–Kier alpha value is -1.75. The second-order valence-corrected chi connectivity index (χ2v) is 4.95. The van der Waals surface area contributed by atoms with Gasteiger partial charge in [0.25, 0.3) is 0 Å². The fraction of sp³-hybridized carbons (Fsp3) is 0.429. The average molecular weight is 298 g/mol. The van der Waals surface area contributed by atoms with E-state index in [1.807, 2.05) is 12.1 Å². The molecule has 0 atom stereocenters. The van der Waals surface area contributed by atoms with Crippen LogP contribution in [0.3, 0.4) is 0 Å². The molecular weight excluding hydrogens is 278 g/mol. The molecule has 6 heteroatoms. The van der Waals surface area contributed by atoms with Crippen molar-refractivity contribution in [2.24, 2.45) is 5.73 Å². The smallest absolute Gasteiger partial charge is 0.315 e. The van der Waals surface area contributed by atoms with Crippen LogP contribution in [-0.4, -0.2) is 18.5 Å². The van der Waals surface area contributed by atoms with E-state index in [1.165, 1.54) is 0 Å². The quantitative estimate of drug-likeness (QED) is 0.643. The summed E-state index contributed by atoms with van der Waals surface area (Å²) in [6, 6.07) is 7.11. The minimum Gasteiger partial charge on any atom is -0.370 e. The van der Waals surface area contributed by atoms with Crippen LogP contribution >= 0.6 is 11.6 Å². The van der Waals surface area contributed by atoms with Gasteiger partial charge in [-0.05, 0) is 30.5 Å². The SMILES string of the molecule is NC(=O)CCCCCNC(=O)NCc1ccc(Cl)cc1. The molecule has 4 N–H and O–H groups in total. The predicted octanol–water partition coefficient (Wildman–Crippen LogP) is 2.18. The predicted molar refractivity (Wildman–Crippen MR) is 79.4 cm³/mol. The molecule has 1 aromatic rings. The van der Waals surface area contributed by atoms with Gasteiger partial charge in [-0.25, -0.2) is 4.79 Å². The van der Waals surface area contributed by atoms with Gasteiger partial charge in [0, 0.05) is 24.5 Å². The molecule has 0 fully saturated rings. The van der Waals surface area contributed by atoms with E-state index in [-0.39, 0.29) is 11.9 Å². The summed E-state index contributed by atoms with van der Waals surface area (Å²) in [5.74, 6) is -0.279. The molecule has 1 rings (SSSR count). The molecule has 0 aliphatic heterocycles. The van der Waals surface area contributed by atoms with Gasteiger partial charge in [0.05, 0.1) is 0 Å². The zero-order valence-corrected chi connectivity index (χ0v) is 12.1. The highest BCUT2D eigenvalue weighted by Crippen LogP contribution is 2.08. The van der Waals surface area contributed by atoms with Crippen LogP contribution in [0.5, 0.6) is 0 Å². The fourth-order valence-electron chi connectivity index (χ4n) is 1.65. The first-order chi connectivity index (χ1) is 9.58. The second kappa shape index (κ2) is 9.20. The van der Waals surface area contributed by atoms with Gasteiger partial charge >= 0.3 is 6.03 Å². The van der Waals surface area contributed by atoms with Crippen molar-refractivity contribution in [2.45, 2.75) is 32.2 Å². The Kier molecular flexibility index (Phi) is 7.50. The number of rotatable bonds is 8. The molecule has 5 nitrogen and oxygen atoms in total. The number of benzene rings is 1. The molecule has 0 radical (unpaired) electrons. The summed E-state index contributed by atoms with van der Waals surface area (Å²) in [5, 5.41) is 6.20. The van der Waals surface area contributed by atoms with Crippen molar-refractivity contribution in [2.75, 3.05) is 6.54 Å². The fourth-order valence-corrected chi connectivity index (χ4v) is 1.78. The van der Waals surface area contributed by atoms with Gasteiger partial charge in [-0.3, -0.25) is 4.79 Å². The lowest BCUT2D eigenvalue weighted by atomic mass is 10.2. The maximum atomic E-state index is 11.5. The standard InChI is InChI=1S/C14H20ClN3O2/c15-12-7-5-11(6-8-12)10-18-14(20)17-9-3-1-2-4-13(16)19/h5-8H,1-4,9-10H2,(H2,16,19)(H2,17,18,20). The van der Waals surface area contributed by atoms with Crippen LogP contribution in [-0.2, 0) is 11.3 Å². The molecular formula is C14H20ClN3O2. The highest BCUT2D eigenvalue weighted by Gasteiger charge is 2.00. The van der Waals surface area contributed by atoms with E-state index in [0.717, 1.165) is 24.8 Å². The lowest BCUT2D eigenvalue weighted by Gasteiger charge is -2.07. The van der Waals surface area contributed by atoms with E-state index in [0.29, 0.717) is 24.5 Å². The highest BCUT2D eigenvalue weighted by atomic mass is 35.5. The minimum absolute atomic E-state index is 0.199. The number of hydrogen-bond donors (Lipinski definition) is 3. The third-order valence-corrected chi connectivity index (χ3v) is 3.00. The number of halogens is 1. The molecule has 0 heterocycles. The molecule has 0 aliphatic rings. The van der Waals surface area contributed by atoms with Crippen LogP contribution < -0.4 is 16.4 Å². The van der Waals surface area contributed by atoms with Gasteiger partial charge < -0.3 is 16.4 Å². The monoisotopic (exact) mass is 297 g/mol. The summed E-state index contributed by atoms with van der Waals surface area (Å²) in [7, 11) is 0. The number of hydrogen-bond acceptors (Lipinski definition) is 2. The first kappa shape index (κ1) is 16.3. The van der Waals surface area contributed by atoms with E-state index in [1.54, 1.807) is 12.1 Å². The van der Waals surface area contributed by atoms with Crippen LogP contribution in [0.25, 0.3) is 0 Å². The van der Waals surface area contributed by atoms with Crippen LogP contribution in [0.4, 0.5) is 4.79 Å². The maximum absolute atomic E-state index is 11.5. The summed E-state index contributed by atoms with van der Waals surface area (Å²) in [4.78, 5) is 22.0. The second-order valence-electron chi connectivity index (χ2n) is 4.51. The number of primary amides is 1. The molecule has 3 amide bonds. The van der Waals surface area contributed by atoms with Crippen LogP contribution in [0.2, 0.25) is 5.02 Å². The van der Waals surface area contributed by atoms with Gasteiger partial charge in [0.2, 0.25) is 5.91 Å². The number of nitrogens with one attached hydrogen (secondary N) is 2. The van der Waals surface area contributed by atoms with E-state index in [9.17, 15) is 9.59 Å². The molecule has 0 bridgehead atoms. The number of unbranched alkanes of at least 4 members (excludes halogenated alkanes) is 2. The van der Waals surface area contributed by atoms with Gasteiger partial charge in [0.15, 0.2) is 0 Å². The number of nitrogens with two attached hydrogens (primary N) is 1. The summed E-state index contributed by atoms with van der Waals surface area (Å²) in [6.45, 7) is 1.05. The molecule has 0 saturated heterocycles. The van der Waals surface area contributed by atoms with Crippen molar-refractivity contribution >= 4 is 23.5 Å². The van der Waals surface area contributed by atoms with E-state index >= 15 is 0 Å². The third-order valence-electron chi connectivity index (χ3n) is 2.75. The molecule has 0 aliphatic carbocycles. The normalized spacial score (nSPS) is 10.1. The van der Waals surface area contributed by atoms with Crippen LogP contribution in [0.15, 0.2) is 24.3 Å². The van der Waals surface area contributed by atoms with Gasteiger partial charge in [0.1, 0.15) is 0 Å². The largest absolute Gasteiger partial charge is 0.370 e. The zero-order chi connectivity index (χ0) is 14.8. The highest BCUT2D eigenvalue weighted by molar-refractivity contribution is 6.30. The Labute approximate surface area is 123 Å². The first-order valence-corrected chi connectivity index (χ1v) is 7.00. The van der Waals surface area contributed by atoms with Crippen molar-refractivity contribution in [1.82, 2.24) is 10.6 Å². The van der Waals surface area contributed by atoms with Gasteiger partial charge in [-0.1, -0.05) is 30.2 Å². The Bertz CT molecular complexity index is 435. The summed E-state index contributed by atoms with van der Waals surface area (Å²) in [5.41, 5.74) is 6.02. The Morgan fingerprint density at radius 3 is 2.40 bits per heavy atom. The van der Waals surface area contributed by atoms with Crippen LogP contribution in [0.1, 0.15) is 31.2 Å². The molecule has 20 heavy (non-hydrogen) atoms. The average Bonchev–Trinajstić information content (AvgIpc) is 2.41. The molecule has 0 aromatic heterocycles. The third kappa shape index (κ3) is 7.63. The molecule has 0 unspecified atom stereocenters. The number of carbonyl (C=O) groups excluding carboxylic acids is 2. The number of carbonyl (C=O) groups is 2. The van der Waals surface area contributed by atoms with Crippen molar-refractivity contribution < 1.29 is 9.59 Å². The number of amides is 3. The van der Waals surface area contributed by atoms with Crippen molar-refractivity contribution in [3.8, 4) is 0 Å². The molecule has 110 valence electrons. The number of urea groups is 1. The lowest BCUT2D eigenvalue weighted by molar-refractivity contribution is -0.118. The van der Waals surface area contributed by atoms with E-state index < -0.39 is 0 Å². The molecule has 0 saturated carbocycles. The zero-order valence-electron chi connectivity index (χ0n) is 11.3. The Morgan fingerprint density at radius 2 is 1.75 bits per heavy atom. The van der Waals surface area contributed by atoms with Crippen molar-refractivity contribution in [3.05, 3.63) is 34.9 Å². The Balaban J connectivity index is 2.06. The first-order valence-electron chi connectivity index (χ1n) is 6.62. The Morgan fingerprint density at radius 1 is 1.05 bits per heavy atom. The summed E-state index contributed by atoms with van der Waals surface area (Å²) in [6.07, 6.45) is 2.88. The topological polar surface area (TPSA) is 84.2 Å². The van der Waals surface area contributed by atoms with E-state index in [2.05, 4.69) is 10.6 Å². The summed E-state index contributed by atoms with van der Waals surface area (Å²) < 4.78 is 0. The summed E-state index contributed by atoms with van der Waals surface area (Å²) >= 11 is 5.78. The van der Waals surface area contributed by atoms with Gasteiger partial charge in [-0.15, -0.1) is 0 Å². The maximum Gasteiger partial charge on any atom is 0.315 e. The van der Waals surface area contributed by atoms with Crippen LogP contribution in [0, 0.1) is 0 Å². The van der Waals surface area contributed by atoms with E-state index in [4.69, 9.17) is 17.3 Å². The molecule has 1 aromatic carbocycles. The minimum atomic E-state index is -0.279. The van der Waals surface area contributed by atoms with Crippen molar-refractivity contribution in [3.63, 3.8) is 0 Å². The molecule has 0 spiro atoms. The lowest BCUT2D eigenvalue weighted by Crippen LogP contribution is -2.35. The van der Waals surface area contributed by atoms with Crippen molar-refractivity contribution in [1.29, 1.82) is 0 Å². The van der Waals surface area contributed by atoms with Gasteiger partial charge in [-0.2, -0.15) is 0 Å².